The average Bonchev–Trinajstić information content (AvgIpc) is 3.05. The Morgan fingerprint density at radius 3 is 2.70 bits per heavy atom. The molecule has 1 saturated heterocycles. The lowest BCUT2D eigenvalue weighted by Gasteiger charge is -2.27. The first-order valence-corrected chi connectivity index (χ1v) is 8.13. The molecule has 2 N–H and O–H groups in total. The minimum Gasteiger partial charge on any atom is -0.376 e. The highest BCUT2D eigenvalue weighted by Gasteiger charge is 2.25. The van der Waals surface area contributed by atoms with E-state index in [2.05, 4.69) is 10.6 Å². The summed E-state index contributed by atoms with van der Waals surface area (Å²) in [6.07, 6.45) is 2.15. The zero-order valence-electron chi connectivity index (χ0n) is 13.7. The number of amides is 3. The monoisotopic (exact) mass is 319 g/mol. The molecular formula is C17H25N3O3. The number of benzene rings is 1. The van der Waals surface area contributed by atoms with Gasteiger partial charge in [-0.3, -0.25) is 4.79 Å². The van der Waals surface area contributed by atoms with Crippen LogP contribution in [0.25, 0.3) is 0 Å². The first kappa shape index (κ1) is 17.3. The van der Waals surface area contributed by atoms with Crippen LogP contribution in [0.2, 0.25) is 0 Å². The normalized spacial score (nSPS) is 18.3. The molecule has 0 aliphatic carbocycles. The maximum atomic E-state index is 12.5. The molecular weight excluding hydrogens is 294 g/mol. The fraction of sp³-hybridized carbons (Fsp3) is 0.529. The number of ether oxygens (including phenoxy) is 1. The summed E-state index contributed by atoms with van der Waals surface area (Å²) >= 11 is 0. The van der Waals surface area contributed by atoms with Gasteiger partial charge in [0.15, 0.2) is 0 Å². The van der Waals surface area contributed by atoms with E-state index in [9.17, 15) is 9.59 Å². The molecule has 0 saturated carbocycles. The maximum absolute atomic E-state index is 12.5. The van der Waals surface area contributed by atoms with E-state index >= 15 is 0 Å². The lowest BCUT2D eigenvalue weighted by Crippen LogP contribution is -2.49. The van der Waals surface area contributed by atoms with E-state index in [1.165, 1.54) is 0 Å². The molecule has 3 amide bonds. The van der Waals surface area contributed by atoms with Crippen LogP contribution in [0.3, 0.4) is 0 Å². The van der Waals surface area contributed by atoms with Gasteiger partial charge >= 0.3 is 6.03 Å². The van der Waals surface area contributed by atoms with Gasteiger partial charge in [0.2, 0.25) is 5.91 Å². The molecule has 6 heteroatoms. The number of carbonyl (C=O) groups is 2. The van der Waals surface area contributed by atoms with Crippen LogP contribution in [-0.4, -0.2) is 48.7 Å². The van der Waals surface area contributed by atoms with E-state index in [0.717, 1.165) is 19.4 Å². The van der Waals surface area contributed by atoms with Crippen LogP contribution in [0.1, 0.15) is 26.7 Å². The predicted molar refractivity (Wildman–Crippen MR) is 89.3 cm³/mol. The van der Waals surface area contributed by atoms with Gasteiger partial charge < -0.3 is 20.3 Å². The first-order chi connectivity index (χ1) is 11.1. The Hall–Kier alpha value is -2.08. The van der Waals surface area contributed by atoms with Crippen LogP contribution < -0.4 is 10.6 Å². The topological polar surface area (TPSA) is 70.7 Å². The molecule has 1 heterocycles. The highest BCUT2D eigenvalue weighted by atomic mass is 16.5. The number of para-hydroxylation sites is 1. The highest BCUT2D eigenvalue weighted by Crippen LogP contribution is 2.14. The molecule has 1 fully saturated rings. The van der Waals surface area contributed by atoms with Crippen molar-refractivity contribution in [1.82, 2.24) is 10.2 Å². The summed E-state index contributed by atoms with van der Waals surface area (Å²) in [4.78, 5) is 26.2. The van der Waals surface area contributed by atoms with Crippen molar-refractivity contribution in [3.05, 3.63) is 30.3 Å². The molecule has 0 spiro atoms. The molecule has 126 valence electrons. The third-order valence-corrected chi connectivity index (χ3v) is 3.89. The van der Waals surface area contributed by atoms with E-state index in [0.29, 0.717) is 18.8 Å². The molecule has 1 aromatic carbocycles. The third-order valence-electron chi connectivity index (χ3n) is 3.89. The van der Waals surface area contributed by atoms with Gasteiger partial charge in [-0.1, -0.05) is 18.2 Å². The Balaban J connectivity index is 1.83. The quantitative estimate of drug-likeness (QED) is 0.844. The second-order valence-electron chi connectivity index (χ2n) is 5.70. The molecule has 6 nitrogen and oxygen atoms in total. The Morgan fingerprint density at radius 2 is 2.09 bits per heavy atom. The van der Waals surface area contributed by atoms with Crippen LogP contribution in [0.15, 0.2) is 30.3 Å². The number of likely N-dealkylation sites (N-methyl/N-ethyl adjacent to an activating group) is 1. The van der Waals surface area contributed by atoms with Crippen LogP contribution in [-0.2, 0) is 9.53 Å². The van der Waals surface area contributed by atoms with E-state index in [1.54, 1.807) is 24.0 Å². The Morgan fingerprint density at radius 1 is 1.35 bits per heavy atom. The summed E-state index contributed by atoms with van der Waals surface area (Å²) in [5.74, 6) is -0.0915. The van der Waals surface area contributed by atoms with Crippen molar-refractivity contribution in [2.75, 3.05) is 25.0 Å². The SMILES string of the molecule is CCN(C[C@@H]1CCCO1)C(=O)[C@@H](C)NC(=O)Nc1ccccc1. The fourth-order valence-electron chi connectivity index (χ4n) is 2.63. The molecule has 2 atom stereocenters. The van der Waals surface area contributed by atoms with Crippen LogP contribution in [0, 0.1) is 0 Å². The minimum absolute atomic E-state index is 0.0915. The summed E-state index contributed by atoms with van der Waals surface area (Å²) in [5.41, 5.74) is 0.691. The van der Waals surface area contributed by atoms with Gasteiger partial charge in [-0.2, -0.15) is 0 Å². The number of nitrogens with zero attached hydrogens (tertiary/aromatic N) is 1. The molecule has 2 rings (SSSR count). The number of anilines is 1. The second-order valence-corrected chi connectivity index (χ2v) is 5.70. The molecule has 0 bridgehead atoms. The summed E-state index contributed by atoms with van der Waals surface area (Å²) in [7, 11) is 0. The fourth-order valence-corrected chi connectivity index (χ4v) is 2.63. The molecule has 1 aromatic rings. The second kappa shape index (κ2) is 8.53. The highest BCUT2D eigenvalue weighted by molar-refractivity contribution is 5.93. The number of carbonyl (C=O) groups excluding carboxylic acids is 2. The Kier molecular flexibility index (Phi) is 6.40. The van der Waals surface area contributed by atoms with Gasteiger partial charge in [-0.25, -0.2) is 4.79 Å². The molecule has 0 unspecified atom stereocenters. The van der Waals surface area contributed by atoms with Crippen molar-refractivity contribution in [3.63, 3.8) is 0 Å². The van der Waals surface area contributed by atoms with E-state index < -0.39 is 6.04 Å². The molecule has 1 aliphatic heterocycles. The zero-order valence-corrected chi connectivity index (χ0v) is 13.7. The lowest BCUT2D eigenvalue weighted by molar-refractivity contribution is -0.134. The van der Waals surface area contributed by atoms with Crippen LogP contribution >= 0.6 is 0 Å². The summed E-state index contributed by atoms with van der Waals surface area (Å²) in [6.45, 7) is 5.59. The van der Waals surface area contributed by atoms with Gasteiger partial charge in [-0.15, -0.1) is 0 Å². The van der Waals surface area contributed by atoms with Crippen molar-refractivity contribution in [1.29, 1.82) is 0 Å². The summed E-state index contributed by atoms with van der Waals surface area (Å²) in [6, 6.07) is 8.17. The van der Waals surface area contributed by atoms with Gasteiger partial charge in [0.05, 0.1) is 6.10 Å². The number of hydrogen-bond acceptors (Lipinski definition) is 3. The van der Waals surface area contributed by atoms with Gasteiger partial charge in [0.1, 0.15) is 6.04 Å². The smallest absolute Gasteiger partial charge is 0.319 e. The van der Waals surface area contributed by atoms with Crippen molar-refractivity contribution in [2.24, 2.45) is 0 Å². The van der Waals surface area contributed by atoms with E-state index in [4.69, 9.17) is 4.74 Å². The van der Waals surface area contributed by atoms with Crippen LogP contribution in [0.4, 0.5) is 10.5 Å². The van der Waals surface area contributed by atoms with Gasteiger partial charge in [0, 0.05) is 25.4 Å². The molecule has 23 heavy (non-hydrogen) atoms. The Bertz CT molecular complexity index is 515. The third kappa shape index (κ3) is 5.25. The first-order valence-electron chi connectivity index (χ1n) is 8.13. The number of nitrogens with one attached hydrogen (secondary N) is 2. The zero-order chi connectivity index (χ0) is 16.7. The number of hydrogen-bond donors (Lipinski definition) is 2. The van der Waals surface area contributed by atoms with Crippen molar-refractivity contribution >= 4 is 17.6 Å². The van der Waals surface area contributed by atoms with Crippen LogP contribution in [0.5, 0.6) is 0 Å². The summed E-state index contributed by atoms with van der Waals surface area (Å²) < 4.78 is 5.58. The molecule has 0 radical (unpaired) electrons. The summed E-state index contributed by atoms with van der Waals surface area (Å²) in [5, 5.41) is 5.40. The van der Waals surface area contributed by atoms with Crippen molar-refractivity contribution in [3.8, 4) is 0 Å². The minimum atomic E-state index is -0.583. The largest absolute Gasteiger partial charge is 0.376 e. The molecule has 0 aromatic heterocycles. The number of rotatable bonds is 6. The van der Waals surface area contributed by atoms with E-state index in [1.807, 2.05) is 25.1 Å². The van der Waals surface area contributed by atoms with Crippen molar-refractivity contribution in [2.45, 2.75) is 38.8 Å². The maximum Gasteiger partial charge on any atom is 0.319 e. The average molecular weight is 319 g/mol. The predicted octanol–water partition coefficient (Wildman–Crippen LogP) is 2.22. The van der Waals surface area contributed by atoms with E-state index in [-0.39, 0.29) is 18.0 Å². The number of urea groups is 1. The molecule has 1 aliphatic rings. The van der Waals surface area contributed by atoms with Crippen molar-refractivity contribution < 1.29 is 14.3 Å². The Labute approximate surface area is 137 Å². The lowest BCUT2D eigenvalue weighted by atomic mass is 10.2. The van der Waals surface area contributed by atoms with Gasteiger partial charge in [-0.05, 0) is 38.8 Å². The standard InChI is InChI=1S/C17H25N3O3/c1-3-20(12-15-10-7-11-23-15)16(21)13(2)18-17(22)19-14-8-5-4-6-9-14/h4-6,8-9,13,15H,3,7,10-12H2,1-2H3,(H2,18,19,22)/t13-,15+/m1/s1. The van der Waals surface area contributed by atoms with Gasteiger partial charge in [0.25, 0.3) is 0 Å².